The van der Waals surface area contributed by atoms with E-state index in [4.69, 9.17) is 11.6 Å². The van der Waals surface area contributed by atoms with E-state index < -0.39 is 6.30 Å². The van der Waals surface area contributed by atoms with E-state index in [9.17, 15) is 9.18 Å². The standard InChI is InChI=1S/C17H24ClFN2O/c1-12(2)21-9-8-20(11-17(21)19)10-16(13(3)22)14-4-6-15(18)7-5-14/h4-7,12,16-17H,8-11H2,1-3H3/t16?,17-/m1/s1. The lowest BCUT2D eigenvalue weighted by Crippen LogP contribution is -2.54. The van der Waals surface area contributed by atoms with Gasteiger partial charge in [0.05, 0.1) is 5.92 Å². The zero-order chi connectivity index (χ0) is 16.3. The molecule has 1 saturated heterocycles. The third-order valence-electron chi connectivity index (χ3n) is 4.31. The van der Waals surface area contributed by atoms with E-state index in [0.29, 0.717) is 24.7 Å². The number of ketones is 1. The Balaban J connectivity index is 2.03. The van der Waals surface area contributed by atoms with Gasteiger partial charge in [-0.25, -0.2) is 4.39 Å². The minimum atomic E-state index is -0.966. The summed E-state index contributed by atoms with van der Waals surface area (Å²) < 4.78 is 14.2. The van der Waals surface area contributed by atoms with Gasteiger partial charge in [0.1, 0.15) is 5.78 Å². The van der Waals surface area contributed by atoms with Crippen molar-refractivity contribution in [1.82, 2.24) is 9.80 Å². The zero-order valence-corrected chi connectivity index (χ0v) is 14.2. The second-order valence-electron chi connectivity index (χ2n) is 6.24. The van der Waals surface area contributed by atoms with Crippen molar-refractivity contribution in [2.45, 2.75) is 39.0 Å². The van der Waals surface area contributed by atoms with E-state index in [1.165, 1.54) is 0 Å². The van der Waals surface area contributed by atoms with Gasteiger partial charge in [0.15, 0.2) is 6.30 Å². The van der Waals surface area contributed by atoms with E-state index in [1.54, 1.807) is 19.1 Å². The summed E-state index contributed by atoms with van der Waals surface area (Å²) in [5, 5.41) is 0.653. The summed E-state index contributed by atoms with van der Waals surface area (Å²) in [4.78, 5) is 15.9. The SMILES string of the molecule is CC(=O)C(CN1CCN(C(C)C)[C@@H](F)C1)c1ccc(Cl)cc1. The average molecular weight is 327 g/mol. The number of carbonyl (C=O) groups excluding carboxylic acids is 1. The molecule has 5 heteroatoms. The Morgan fingerprint density at radius 3 is 2.45 bits per heavy atom. The molecule has 1 aromatic rings. The van der Waals surface area contributed by atoms with Gasteiger partial charge >= 0.3 is 0 Å². The summed E-state index contributed by atoms with van der Waals surface area (Å²) in [6.07, 6.45) is -0.966. The smallest absolute Gasteiger partial charge is 0.166 e. The van der Waals surface area contributed by atoms with E-state index in [1.807, 2.05) is 35.8 Å². The highest BCUT2D eigenvalue weighted by Crippen LogP contribution is 2.23. The van der Waals surface area contributed by atoms with Gasteiger partial charge in [-0.2, -0.15) is 0 Å². The van der Waals surface area contributed by atoms with Gasteiger partial charge in [-0.3, -0.25) is 14.6 Å². The molecule has 2 atom stereocenters. The largest absolute Gasteiger partial charge is 0.299 e. The van der Waals surface area contributed by atoms with Crippen molar-refractivity contribution < 1.29 is 9.18 Å². The van der Waals surface area contributed by atoms with Crippen LogP contribution in [0.1, 0.15) is 32.3 Å². The molecule has 0 amide bonds. The minimum absolute atomic E-state index is 0.101. The van der Waals surface area contributed by atoms with E-state index >= 15 is 0 Å². The number of piperazine rings is 1. The van der Waals surface area contributed by atoms with Gasteiger partial charge in [0, 0.05) is 37.2 Å². The van der Waals surface area contributed by atoms with Crippen LogP contribution in [0.25, 0.3) is 0 Å². The summed E-state index contributed by atoms with van der Waals surface area (Å²) in [6.45, 7) is 8.01. The van der Waals surface area contributed by atoms with Crippen LogP contribution in [0.5, 0.6) is 0 Å². The van der Waals surface area contributed by atoms with Crippen LogP contribution in [0, 0.1) is 0 Å². The van der Waals surface area contributed by atoms with Gasteiger partial charge in [-0.05, 0) is 38.5 Å². The van der Waals surface area contributed by atoms with Crippen LogP contribution in [0.4, 0.5) is 4.39 Å². The molecule has 1 aromatic carbocycles. The van der Waals surface area contributed by atoms with Crippen molar-refractivity contribution in [2.24, 2.45) is 0 Å². The second-order valence-corrected chi connectivity index (χ2v) is 6.68. The highest BCUT2D eigenvalue weighted by molar-refractivity contribution is 6.30. The third-order valence-corrected chi connectivity index (χ3v) is 4.56. The van der Waals surface area contributed by atoms with Gasteiger partial charge < -0.3 is 0 Å². The molecule has 1 unspecified atom stereocenters. The number of rotatable bonds is 5. The molecular weight excluding hydrogens is 303 g/mol. The van der Waals surface area contributed by atoms with Gasteiger partial charge in [-0.15, -0.1) is 0 Å². The van der Waals surface area contributed by atoms with Crippen molar-refractivity contribution in [3.63, 3.8) is 0 Å². The molecule has 0 saturated carbocycles. The quantitative estimate of drug-likeness (QED) is 0.775. The lowest BCUT2D eigenvalue weighted by Gasteiger charge is -2.40. The molecule has 1 fully saturated rings. The number of nitrogens with zero attached hydrogens (tertiary/aromatic N) is 2. The van der Waals surface area contributed by atoms with Crippen LogP contribution in [-0.2, 0) is 4.79 Å². The molecule has 0 aromatic heterocycles. The lowest BCUT2D eigenvalue weighted by atomic mass is 9.94. The first-order chi connectivity index (χ1) is 10.4. The normalized spacial score (nSPS) is 22.0. The summed E-state index contributed by atoms with van der Waals surface area (Å²) in [6, 6.07) is 7.55. The average Bonchev–Trinajstić information content (AvgIpc) is 2.45. The molecule has 0 N–H and O–H groups in total. The van der Waals surface area contributed by atoms with E-state index in [0.717, 1.165) is 12.1 Å². The van der Waals surface area contributed by atoms with Crippen molar-refractivity contribution in [1.29, 1.82) is 0 Å². The number of hydrogen-bond acceptors (Lipinski definition) is 3. The number of hydrogen-bond donors (Lipinski definition) is 0. The summed E-state index contributed by atoms with van der Waals surface area (Å²) in [5.41, 5.74) is 0.943. The molecule has 0 radical (unpaired) electrons. The van der Waals surface area contributed by atoms with Gasteiger partial charge in [-0.1, -0.05) is 23.7 Å². The molecule has 0 aliphatic carbocycles. The Kier molecular flexibility index (Phi) is 5.95. The number of Topliss-reactive ketones (excluding diaryl/α,β-unsaturated/α-hetero) is 1. The van der Waals surface area contributed by atoms with Crippen LogP contribution < -0.4 is 0 Å². The topological polar surface area (TPSA) is 23.6 Å². The fourth-order valence-electron chi connectivity index (χ4n) is 2.98. The summed E-state index contributed by atoms with van der Waals surface area (Å²) >= 11 is 5.90. The molecule has 122 valence electrons. The molecule has 1 aliphatic heterocycles. The Morgan fingerprint density at radius 2 is 1.95 bits per heavy atom. The fraction of sp³-hybridized carbons (Fsp3) is 0.588. The maximum absolute atomic E-state index is 14.2. The third kappa shape index (κ3) is 4.28. The van der Waals surface area contributed by atoms with Crippen LogP contribution >= 0.6 is 11.6 Å². The molecule has 0 bridgehead atoms. The Labute approximate surface area is 137 Å². The molecule has 2 rings (SSSR count). The molecule has 1 aliphatic rings. The second kappa shape index (κ2) is 7.53. The van der Waals surface area contributed by atoms with Crippen molar-refractivity contribution in [3.05, 3.63) is 34.9 Å². The summed E-state index contributed by atoms with van der Waals surface area (Å²) in [5.74, 6) is -0.126. The number of benzene rings is 1. The Bertz CT molecular complexity index is 506. The Hall–Kier alpha value is -0.970. The van der Waals surface area contributed by atoms with E-state index in [2.05, 4.69) is 0 Å². The molecule has 0 spiro atoms. The van der Waals surface area contributed by atoms with E-state index in [-0.39, 0.29) is 17.7 Å². The van der Waals surface area contributed by atoms with Gasteiger partial charge in [0.2, 0.25) is 0 Å². The molecular formula is C17H24ClFN2O. The summed E-state index contributed by atoms with van der Waals surface area (Å²) in [7, 11) is 0. The number of carbonyl (C=O) groups is 1. The minimum Gasteiger partial charge on any atom is -0.299 e. The highest BCUT2D eigenvalue weighted by atomic mass is 35.5. The zero-order valence-electron chi connectivity index (χ0n) is 13.4. The van der Waals surface area contributed by atoms with Crippen LogP contribution in [-0.4, -0.2) is 54.1 Å². The Morgan fingerprint density at radius 1 is 1.32 bits per heavy atom. The number of alkyl halides is 1. The van der Waals surface area contributed by atoms with Gasteiger partial charge in [0.25, 0.3) is 0 Å². The molecule has 1 heterocycles. The molecule has 3 nitrogen and oxygen atoms in total. The van der Waals surface area contributed by atoms with Crippen LogP contribution in [0.15, 0.2) is 24.3 Å². The predicted octanol–water partition coefficient (Wildman–Crippen LogP) is 3.33. The van der Waals surface area contributed by atoms with Crippen LogP contribution in [0.2, 0.25) is 5.02 Å². The predicted molar refractivity (Wildman–Crippen MR) is 88.1 cm³/mol. The monoisotopic (exact) mass is 326 g/mol. The van der Waals surface area contributed by atoms with Crippen molar-refractivity contribution in [2.75, 3.05) is 26.2 Å². The fourth-order valence-corrected chi connectivity index (χ4v) is 3.10. The van der Waals surface area contributed by atoms with Crippen molar-refractivity contribution in [3.8, 4) is 0 Å². The maximum atomic E-state index is 14.2. The van der Waals surface area contributed by atoms with Crippen LogP contribution in [0.3, 0.4) is 0 Å². The lowest BCUT2D eigenvalue weighted by molar-refractivity contribution is -0.119. The first-order valence-corrected chi connectivity index (χ1v) is 8.14. The first kappa shape index (κ1) is 17.4. The maximum Gasteiger partial charge on any atom is 0.166 e. The molecule has 22 heavy (non-hydrogen) atoms. The first-order valence-electron chi connectivity index (χ1n) is 7.76. The van der Waals surface area contributed by atoms with Crippen molar-refractivity contribution >= 4 is 17.4 Å². The number of halogens is 2. The highest BCUT2D eigenvalue weighted by Gasteiger charge is 2.30.